The summed E-state index contributed by atoms with van der Waals surface area (Å²) in [7, 11) is -2.61. The van der Waals surface area contributed by atoms with E-state index in [0.717, 1.165) is 25.1 Å². The van der Waals surface area contributed by atoms with E-state index in [9.17, 15) is 14.1 Å². The molecule has 0 radical (unpaired) electrons. The van der Waals surface area contributed by atoms with Gasteiger partial charge in [-0.3, -0.25) is 14.6 Å². The molecule has 6 heterocycles. The van der Waals surface area contributed by atoms with E-state index < -0.39 is 30.5 Å². The fraction of sp³-hybridized carbons (Fsp3) is 0.444. The smallest absolute Gasteiger partial charge is 0.319 e. The Morgan fingerprint density at radius 1 is 1.10 bits per heavy atom. The first-order valence-electron chi connectivity index (χ1n) is 17.1. The number of halogens is 3. The first-order valence-corrected chi connectivity index (χ1v) is 19.7. The molecular weight excluding hydrogens is 666 g/mol. The molecule has 2 atom stereocenters. The van der Waals surface area contributed by atoms with Crippen LogP contribution in [0, 0.1) is 11.6 Å². The normalized spacial score (nSPS) is 21.2. The topological polar surface area (TPSA) is 110 Å². The molecule has 50 heavy (non-hydrogen) atoms. The Labute approximate surface area is 287 Å². The van der Waals surface area contributed by atoms with Crippen LogP contribution in [0.5, 0.6) is 11.8 Å². The molecule has 0 saturated carbocycles. The van der Waals surface area contributed by atoms with Gasteiger partial charge >= 0.3 is 6.01 Å². The van der Waals surface area contributed by atoms with Gasteiger partial charge in [-0.1, -0.05) is 13.0 Å². The summed E-state index contributed by atoms with van der Waals surface area (Å²) in [4.78, 5) is 18.1. The van der Waals surface area contributed by atoms with E-state index in [-0.39, 0.29) is 35.1 Å². The van der Waals surface area contributed by atoms with Crippen LogP contribution in [0.1, 0.15) is 43.9 Å². The molecule has 1 N–H and O–H groups in total. The van der Waals surface area contributed by atoms with Crippen LogP contribution >= 0.6 is 7.14 Å². The highest BCUT2D eigenvalue weighted by Gasteiger charge is 2.49. The molecule has 0 aliphatic carbocycles. The predicted octanol–water partition coefficient (Wildman–Crippen LogP) is 6.20. The van der Waals surface area contributed by atoms with Gasteiger partial charge in [-0.15, -0.1) is 0 Å². The van der Waals surface area contributed by atoms with Crippen LogP contribution < -0.4 is 15.1 Å². The first-order chi connectivity index (χ1) is 23.9. The molecule has 3 aliphatic heterocycles. The number of pyridine rings is 1. The minimum absolute atomic E-state index is 0.0402. The fourth-order valence-electron chi connectivity index (χ4n) is 8.09. The third-order valence-corrected chi connectivity index (χ3v) is 11.8. The highest BCUT2D eigenvalue weighted by atomic mass is 31.2. The number of rotatable bonds is 7. The van der Waals surface area contributed by atoms with Gasteiger partial charge in [-0.25, -0.2) is 13.2 Å². The summed E-state index contributed by atoms with van der Waals surface area (Å²) in [6.45, 7) is 8.04. The van der Waals surface area contributed by atoms with Crippen molar-refractivity contribution in [3.05, 3.63) is 59.4 Å². The van der Waals surface area contributed by atoms with Crippen molar-refractivity contribution >= 4 is 40.1 Å². The van der Waals surface area contributed by atoms with Crippen LogP contribution in [0.15, 0.2) is 36.5 Å². The van der Waals surface area contributed by atoms with Crippen LogP contribution in [-0.4, -0.2) is 86.0 Å². The Hall–Kier alpha value is -4.22. The largest absolute Gasteiger partial charge is 0.508 e. The summed E-state index contributed by atoms with van der Waals surface area (Å²) in [6.07, 6.45) is 3.68. The average Bonchev–Trinajstić information content (AvgIpc) is 3.71. The molecule has 14 heteroatoms. The lowest BCUT2D eigenvalue weighted by Crippen LogP contribution is -2.43. The number of hydrogen-bond donors (Lipinski definition) is 1. The Morgan fingerprint density at radius 3 is 2.74 bits per heavy atom. The van der Waals surface area contributed by atoms with Gasteiger partial charge in [0.1, 0.15) is 54.0 Å². The zero-order valence-electron chi connectivity index (χ0n) is 28.3. The first kappa shape index (κ1) is 33.0. The van der Waals surface area contributed by atoms with Gasteiger partial charge in [-0.05, 0) is 86.2 Å². The molecule has 10 nitrogen and oxygen atoms in total. The second-order valence-corrected chi connectivity index (χ2v) is 17.4. The second kappa shape index (κ2) is 12.2. The number of hydrogen-bond acceptors (Lipinski definition) is 9. The summed E-state index contributed by atoms with van der Waals surface area (Å²) in [6, 6.07) is 7.62. The van der Waals surface area contributed by atoms with Crippen LogP contribution in [0.25, 0.3) is 32.9 Å². The van der Waals surface area contributed by atoms with E-state index in [1.807, 2.05) is 22.6 Å². The molecule has 0 amide bonds. The zero-order chi connectivity index (χ0) is 34.9. The van der Waals surface area contributed by atoms with Gasteiger partial charge in [0.05, 0.1) is 23.2 Å². The molecule has 3 aromatic heterocycles. The Bertz CT molecular complexity index is 2210. The number of alkyl halides is 1. The quantitative estimate of drug-likeness (QED) is 0.198. The van der Waals surface area contributed by atoms with Crippen LogP contribution in [0.2, 0.25) is 0 Å². The van der Waals surface area contributed by atoms with E-state index in [4.69, 9.17) is 9.72 Å². The number of aromatic hydroxyl groups is 1. The van der Waals surface area contributed by atoms with Gasteiger partial charge in [0.2, 0.25) is 0 Å². The van der Waals surface area contributed by atoms with Gasteiger partial charge in [-0.2, -0.15) is 15.1 Å². The summed E-state index contributed by atoms with van der Waals surface area (Å²) in [5.74, 6) is -0.893. The standard InChI is InChI=1S/C36H39F3N7O3P/c1-4-25-28(38)8-7-21-13-24(47)15-26(30(21)25)32-31(39)33-27(17-40-32)34(44-10-6-12-46-23(19-44)14-29(43-46)50(2,3)48)42-35(41-33)49-20-36-9-5-11-45(36)18-22(37)16-36/h7-8,13-15,17,22,47H,4-6,9-12,16,18-20H2,1-3H3/t22-,36+/m1/s1. The molecule has 2 saturated heterocycles. The minimum atomic E-state index is -2.61. The number of phenolic OH excluding ortho intramolecular Hbond substituents is 1. The Kier molecular flexibility index (Phi) is 8.06. The Morgan fingerprint density at radius 2 is 1.94 bits per heavy atom. The lowest BCUT2D eigenvalue weighted by atomic mass is 9.94. The molecule has 0 bridgehead atoms. The van der Waals surface area contributed by atoms with E-state index in [1.54, 1.807) is 19.4 Å². The molecule has 0 spiro atoms. The lowest BCUT2D eigenvalue weighted by Gasteiger charge is -2.31. The van der Waals surface area contributed by atoms with E-state index in [2.05, 4.69) is 20.0 Å². The highest BCUT2D eigenvalue weighted by molar-refractivity contribution is 7.69. The molecular formula is C36H39F3N7O3P. The van der Waals surface area contributed by atoms with Gasteiger partial charge < -0.3 is 19.3 Å². The van der Waals surface area contributed by atoms with Gasteiger partial charge in [0.25, 0.3) is 0 Å². The molecule has 2 aromatic carbocycles. The molecule has 8 rings (SSSR count). The maximum atomic E-state index is 17.0. The lowest BCUT2D eigenvalue weighted by molar-refractivity contribution is 0.107. The SMILES string of the molecule is CCc1c(F)ccc2cc(O)cc(-c3ncc4c(N5CCCn6nc(P(C)(C)=O)cc6C5)nc(OC[C@@]56CCCN5C[C@H](F)C6)nc4c3F)c12. The van der Waals surface area contributed by atoms with Crippen molar-refractivity contribution in [2.75, 3.05) is 44.5 Å². The number of benzene rings is 2. The van der Waals surface area contributed by atoms with Crippen molar-refractivity contribution in [3.63, 3.8) is 0 Å². The number of ether oxygens (including phenoxy) is 1. The second-order valence-electron chi connectivity index (χ2n) is 14.2. The van der Waals surface area contributed by atoms with E-state index in [1.165, 1.54) is 24.4 Å². The summed E-state index contributed by atoms with van der Waals surface area (Å²) >= 11 is 0. The average molecular weight is 706 g/mol. The third-order valence-electron chi connectivity index (χ3n) is 10.5. The molecule has 3 aliphatic rings. The predicted molar refractivity (Wildman–Crippen MR) is 187 cm³/mol. The number of phenols is 1. The molecule has 2 fully saturated rings. The molecule has 262 valence electrons. The van der Waals surface area contributed by atoms with Crippen LogP contribution in [0.4, 0.5) is 19.0 Å². The van der Waals surface area contributed by atoms with Crippen LogP contribution in [0.3, 0.4) is 0 Å². The van der Waals surface area contributed by atoms with Crippen molar-refractivity contribution in [3.8, 4) is 23.0 Å². The zero-order valence-corrected chi connectivity index (χ0v) is 29.2. The number of anilines is 1. The molecule has 5 aromatic rings. The number of nitrogens with zero attached hydrogens (tertiary/aromatic N) is 7. The van der Waals surface area contributed by atoms with Crippen molar-refractivity contribution in [1.29, 1.82) is 0 Å². The van der Waals surface area contributed by atoms with Gasteiger partial charge in [0, 0.05) is 37.8 Å². The van der Waals surface area contributed by atoms with Crippen molar-refractivity contribution in [1.82, 2.24) is 29.6 Å². The number of aromatic nitrogens is 5. The summed E-state index contributed by atoms with van der Waals surface area (Å²) in [5, 5.41) is 16.6. The monoisotopic (exact) mass is 705 g/mol. The van der Waals surface area contributed by atoms with Crippen molar-refractivity contribution in [2.24, 2.45) is 0 Å². The van der Waals surface area contributed by atoms with Crippen molar-refractivity contribution in [2.45, 2.75) is 63.8 Å². The minimum Gasteiger partial charge on any atom is -0.508 e. The fourth-order valence-corrected chi connectivity index (χ4v) is 8.87. The van der Waals surface area contributed by atoms with Crippen LogP contribution in [-0.2, 0) is 24.1 Å². The number of aryl methyl sites for hydroxylation is 2. The van der Waals surface area contributed by atoms with E-state index in [0.29, 0.717) is 78.4 Å². The Balaban J connectivity index is 1.28. The van der Waals surface area contributed by atoms with E-state index >= 15 is 8.78 Å². The third kappa shape index (κ3) is 5.58. The number of fused-ring (bicyclic) bond motifs is 4. The summed E-state index contributed by atoms with van der Waals surface area (Å²) < 4.78 is 67.7. The maximum absolute atomic E-state index is 17.0. The van der Waals surface area contributed by atoms with Gasteiger partial charge in [0.15, 0.2) is 5.82 Å². The molecule has 0 unspecified atom stereocenters. The maximum Gasteiger partial charge on any atom is 0.319 e. The highest BCUT2D eigenvalue weighted by Crippen LogP contribution is 2.42. The summed E-state index contributed by atoms with van der Waals surface area (Å²) in [5.41, 5.74) is 1.43. The van der Waals surface area contributed by atoms with Crippen molar-refractivity contribution < 1.29 is 27.6 Å².